The van der Waals surface area contributed by atoms with Gasteiger partial charge in [0, 0.05) is 25.4 Å². The van der Waals surface area contributed by atoms with Gasteiger partial charge < -0.3 is 4.57 Å². The third-order valence-corrected chi connectivity index (χ3v) is 9.02. The van der Waals surface area contributed by atoms with E-state index < -0.39 is 10.0 Å². The van der Waals surface area contributed by atoms with E-state index in [-0.39, 0.29) is 10.7 Å². The second-order valence-corrected chi connectivity index (χ2v) is 11.4. The van der Waals surface area contributed by atoms with Crippen LogP contribution in [0.1, 0.15) is 57.1 Å². The van der Waals surface area contributed by atoms with Crippen molar-refractivity contribution in [3.63, 3.8) is 0 Å². The van der Waals surface area contributed by atoms with E-state index >= 15 is 0 Å². The van der Waals surface area contributed by atoms with Gasteiger partial charge in [-0.3, -0.25) is 0 Å². The number of hydrogen-bond donors (Lipinski definition) is 0. The molecule has 0 amide bonds. The van der Waals surface area contributed by atoms with Gasteiger partial charge in [-0.25, -0.2) is 22.1 Å². The predicted octanol–water partition coefficient (Wildman–Crippen LogP) is 6.00. The third-order valence-electron chi connectivity index (χ3n) is 6.17. The van der Waals surface area contributed by atoms with E-state index in [1.807, 2.05) is 19.1 Å². The molecule has 1 aliphatic carbocycles. The summed E-state index contributed by atoms with van der Waals surface area (Å²) >= 11 is 1.51. The van der Waals surface area contributed by atoms with Crippen LogP contribution in [0.25, 0.3) is 11.0 Å². The molecular weight excluding hydrogens is 445 g/mol. The van der Waals surface area contributed by atoms with Crippen LogP contribution >= 0.6 is 11.8 Å². The fourth-order valence-electron chi connectivity index (χ4n) is 4.27. The molecule has 1 heterocycles. The van der Waals surface area contributed by atoms with Gasteiger partial charge in [0.1, 0.15) is 5.82 Å². The summed E-state index contributed by atoms with van der Waals surface area (Å²) in [4.78, 5) is 5.09. The molecular formula is C24H30FN3O2S2. The van der Waals surface area contributed by atoms with Crippen LogP contribution < -0.4 is 0 Å². The first-order valence-electron chi connectivity index (χ1n) is 11.3. The normalized spacial score (nSPS) is 15.2. The number of rotatable bonds is 9. The summed E-state index contributed by atoms with van der Waals surface area (Å²) in [5.74, 6) is 0.264. The molecule has 3 aromatic rings. The van der Waals surface area contributed by atoms with Crippen molar-refractivity contribution < 1.29 is 12.8 Å². The molecule has 5 nitrogen and oxygen atoms in total. The van der Waals surface area contributed by atoms with Crippen LogP contribution in [0, 0.1) is 5.82 Å². The van der Waals surface area contributed by atoms with E-state index in [1.54, 1.807) is 31.3 Å². The molecule has 1 aromatic heterocycles. The van der Waals surface area contributed by atoms with Gasteiger partial charge in [0.2, 0.25) is 10.0 Å². The summed E-state index contributed by atoms with van der Waals surface area (Å²) in [7, 11) is -1.93. The number of fused-ring (bicyclic) bond motifs is 1. The minimum Gasteiger partial charge on any atom is -0.316 e. The molecule has 1 fully saturated rings. The maximum Gasteiger partial charge on any atom is 0.242 e. The van der Waals surface area contributed by atoms with E-state index in [4.69, 9.17) is 4.98 Å². The second-order valence-electron chi connectivity index (χ2n) is 8.41. The van der Waals surface area contributed by atoms with Crippen molar-refractivity contribution in [3.05, 3.63) is 53.8 Å². The number of thioether (sulfide) groups is 1. The lowest BCUT2D eigenvalue weighted by atomic mass is 10.2. The van der Waals surface area contributed by atoms with Crippen LogP contribution in [0.3, 0.4) is 0 Å². The maximum absolute atomic E-state index is 14.1. The maximum atomic E-state index is 14.1. The van der Waals surface area contributed by atoms with Crippen LogP contribution in [0.5, 0.6) is 0 Å². The first-order valence-corrected chi connectivity index (χ1v) is 13.7. The summed E-state index contributed by atoms with van der Waals surface area (Å²) in [6.45, 7) is 2.54. The van der Waals surface area contributed by atoms with Gasteiger partial charge in [-0.05, 0) is 49.1 Å². The number of aromatic nitrogens is 2. The molecule has 1 saturated carbocycles. The fraction of sp³-hybridized carbons (Fsp3) is 0.458. The molecule has 0 N–H and O–H groups in total. The molecule has 0 saturated heterocycles. The highest BCUT2D eigenvalue weighted by molar-refractivity contribution is 7.98. The Balaban J connectivity index is 1.69. The smallest absolute Gasteiger partial charge is 0.242 e. The van der Waals surface area contributed by atoms with E-state index in [0.29, 0.717) is 29.4 Å². The second kappa shape index (κ2) is 9.93. The minimum absolute atomic E-state index is 0.216. The van der Waals surface area contributed by atoms with E-state index in [2.05, 4.69) is 4.57 Å². The lowest BCUT2D eigenvalue weighted by Crippen LogP contribution is -2.27. The van der Waals surface area contributed by atoms with Crippen LogP contribution in [0.4, 0.5) is 4.39 Å². The number of benzene rings is 2. The zero-order valence-electron chi connectivity index (χ0n) is 18.6. The van der Waals surface area contributed by atoms with Gasteiger partial charge >= 0.3 is 0 Å². The van der Waals surface area contributed by atoms with Crippen molar-refractivity contribution in [1.29, 1.82) is 0 Å². The standard InChI is InChI=1S/C24H30FN3O2S2/c1-3-4-15-27(2)32(29,30)20-13-14-23-22(16-20)26-24(28(23)19-10-6-7-11-19)31-17-18-9-5-8-12-21(18)25/h5,8-9,12-14,16,19H,3-4,6-7,10-11,15,17H2,1-2H3. The predicted molar refractivity (Wildman–Crippen MR) is 128 cm³/mol. The zero-order valence-corrected chi connectivity index (χ0v) is 20.3. The summed E-state index contributed by atoms with van der Waals surface area (Å²) in [6.07, 6.45) is 6.28. The van der Waals surface area contributed by atoms with Gasteiger partial charge in [-0.2, -0.15) is 0 Å². The summed E-state index contributed by atoms with van der Waals surface area (Å²) in [5.41, 5.74) is 2.27. The molecule has 0 bridgehead atoms. The molecule has 4 rings (SSSR count). The Labute approximate surface area is 194 Å². The lowest BCUT2D eigenvalue weighted by Gasteiger charge is -2.18. The molecule has 0 unspecified atom stereocenters. The van der Waals surface area contributed by atoms with E-state index in [9.17, 15) is 12.8 Å². The Kier molecular flexibility index (Phi) is 7.22. The van der Waals surface area contributed by atoms with E-state index in [1.165, 1.54) is 35.0 Å². The third kappa shape index (κ3) is 4.72. The number of imidazole rings is 1. The Morgan fingerprint density at radius 3 is 2.66 bits per heavy atom. The molecule has 8 heteroatoms. The molecule has 172 valence electrons. The summed E-state index contributed by atoms with van der Waals surface area (Å²) in [5, 5.41) is 0.823. The zero-order chi connectivity index (χ0) is 22.7. The van der Waals surface area contributed by atoms with Crippen LogP contribution in [-0.2, 0) is 15.8 Å². The summed E-state index contributed by atoms with van der Waals surface area (Å²) < 4.78 is 43.8. The Hall–Kier alpha value is -1.90. The Morgan fingerprint density at radius 1 is 1.19 bits per heavy atom. The van der Waals surface area contributed by atoms with Crippen molar-refractivity contribution in [1.82, 2.24) is 13.9 Å². The van der Waals surface area contributed by atoms with Gasteiger partial charge in [-0.15, -0.1) is 0 Å². The summed E-state index contributed by atoms with van der Waals surface area (Å²) in [6, 6.07) is 12.4. The molecule has 0 aliphatic heterocycles. The molecule has 1 aliphatic rings. The van der Waals surface area contributed by atoms with Crippen LogP contribution in [0.15, 0.2) is 52.5 Å². The fourth-order valence-corrected chi connectivity index (χ4v) is 6.57. The van der Waals surface area contributed by atoms with Crippen molar-refractivity contribution in [2.24, 2.45) is 0 Å². The van der Waals surface area contributed by atoms with Gasteiger partial charge in [0.25, 0.3) is 0 Å². The molecule has 0 radical (unpaired) electrons. The average Bonchev–Trinajstić information content (AvgIpc) is 3.43. The highest BCUT2D eigenvalue weighted by atomic mass is 32.2. The first-order chi connectivity index (χ1) is 15.4. The number of hydrogen-bond acceptors (Lipinski definition) is 4. The highest BCUT2D eigenvalue weighted by Crippen LogP contribution is 2.38. The van der Waals surface area contributed by atoms with Gasteiger partial charge in [-0.1, -0.05) is 56.1 Å². The monoisotopic (exact) mass is 475 g/mol. The molecule has 0 spiro atoms. The van der Waals surface area contributed by atoms with E-state index in [0.717, 1.165) is 36.4 Å². The number of halogens is 1. The lowest BCUT2D eigenvalue weighted by molar-refractivity contribution is 0.459. The van der Waals surface area contributed by atoms with Crippen molar-refractivity contribution >= 4 is 32.8 Å². The van der Waals surface area contributed by atoms with Crippen LogP contribution in [0.2, 0.25) is 0 Å². The SMILES string of the molecule is CCCCN(C)S(=O)(=O)c1ccc2c(c1)nc(SCc1ccccc1F)n2C1CCCC1. The van der Waals surface area contributed by atoms with Crippen LogP contribution in [-0.4, -0.2) is 35.9 Å². The molecule has 2 aromatic carbocycles. The molecule has 0 atom stereocenters. The average molecular weight is 476 g/mol. The largest absolute Gasteiger partial charge is 0.316 e. The Morgan fingerprint density at radius 2 is 1.94 bits per heavy atom. The Bertz CT molecular complexity index is 1190. The van der Waals surface area contributed by atoms with Crippen molar-refractivity contribution in [2.75, 3.05) is 13.6 Å². The number of sulfonamides is 1. The first kappa shape index (κ1) is 23.3. The number of nitrogens with zero attached hydrogens (tertiary/aromatic N) is 3. The number of unbranched alkanes of at least 4 members (excludes halogenated alkanes) is 1. The molecule has 32 heavy (non-hydrogen) atoms. The highest BCUT2D eigenvalue weighted by Gasteiger charge is 2.26. The van der Waals surface area contributed by atoms with Crippen molar-refractivity contribution in [2.45, 2.75) is 67.3 Å². The quantitative estimate of drug-likeness (QED) is 0.356. The van der Waals surface area contributed by atoms with Gasteiger partial charge in [0.15, 0.2) is 5.16 Å². The minimum atomic E-state index is -3.56. The van der Waals surface area contributed by atoms with Crippen molar-refractivity contribution in [3.8, 4) is 0 Å². The topological polar surface area (TPSA) is 55.2 Å². The van der Waals surface area contributed by atoms with Gasteiger partial charge in [0.05, 0.1) is 15.9 Å².